The van der Waals surface area contributed by atoms with Gasteiger partial charge in [0.2, 0.25) is 0 Å². The van der Waals surface area contributed by atoms with Crippen LogP contribution in [0.3, 0.4) is 0 Å². The molecule has 1 aromatic heterocycles. The average molecular weight is 396 g/mol. The molecule has 4 aromatic rings. The summed E-state index contributed by atoms with van der Waals surface area (Å²) < 4.78 is 0. The van der Waals surface area contributed by atoms with Gasteiger partial charge in [-0.3, -0.25) is 0 Å². The SMILES string of the molecule is CCCCCCCCCCc1cccc(-c2c3ccccc3nc3ccccc23)c1. The molecule has 30 heavy (non-hydrogen) atoms. The van der Waals surface area contributed by atoms with Gasteiger partial charge in [0.05, 0.1) is 11.0 Å². The van der Waals surface area contributed by atoms with Crippen molar-refractivity contribution in [2.75, 3.05) is 0 Å². The molecular weight excluding hydrogens is 362 g/mol. The average Bonchev–Trinajstić information content (AvgIpc) is 2.79. The van der Waals surface area contributed by atoms with Gasteiger partial charge >= 0.3 is 0 Å². The van der Waals surface area contributed by atoms with E-state index < -0.39 is 0 Å². The van der Waals surface area contributed by atoms with Crippen LogP contribution in [0.25, 0.3) is 32.9 Å². The summed E-state index contributed by atoms with van der Waals surface area (Å²) in [5.41, 5.74) is 6.21. The molecule has 0 N–H and O–H groups in total. The Bertz CT molecular complexity index is 1040. The number of aryl methyl sites for hydroxylation is 1. The lowest BCUT2D eigenvalue weighted by Crippen LogP contribution is -1.91. The zero-order valence-corrected chi connectivity index (χ0v) is 18.2. The fraction of sp³-hybridized carbons (Fsp3) is 0.345. The molecule has 0 aliphatic heterocycles. The molecule has 0 radical (unpaired) electrons. The number of benzene rings is 3. The van der Waals surface area contributed by atoms with Gasteiger partial charge in [-0.05, 0) is 36.1 Å². The lowest BCUT2D eigenvalue weighted by Gasteiger charge is -2.12. The maximum absolute atomic E-state index is 4.88. The summed E-state index contributed by atoms with van der Waals surface area (Å²) in [5.74, 6) is 0. The second kappa shape index (κ2) is 10.4. The Hall–Kier alpha value is -2.67. The fourth-order valence-electron chi connectivity index (χ4n) is 4.50. The number of pyridine rings is 1. The molecule has 4 rings (SSSR count). The molecule has 0 atom stereocenters. The van der Waals surface area contributed by atoms with Crippen molar-refractivity contribution < 1.29 is 0 Å². The highest BCUT2D eigenvalue weighted by Gasteiger charge is 2.11. The number of fused-ring (bicyclic) bond motifs is 2. The highest BCUT2D eigenvalue weighted by molar-refractivity contribution is 6.09. The predicted molar refractivity (Wildman–Crippen MR) is 131 cm³/mol. The van der Waals surface area contributed by atoms with E-state index in [0.717, 1.165) is 11.0 Å². The first kappa shape index (κ1) is 20.6. The van der Waals surface area contributed by atoms with Crippen molar-refractivity contribution >= 4 is 21.8 Å². The van der Waals surface area contributed by atoms with E-state index in [9.17, 15) is 0 Å². The first-order chi connectivity index (χ1) is 14.9. The van der Waals surface area contributed by atoms with E-state index in [0.29, 0.717) is 0 Å². The van der Waals surface area contributed by atoms with Crippen LogP contribution in [0.1, 0.15) is 63.9 Å². The number of para-hydroxylation sites is 2. The van der Waals surface area contributed by atoms with Crippen molar-refractivity contribution in [2.24, 2.45) is 0 Å². The van der Waals surface area contributed by atoms with Gasteiger partial charge < -0.3 is 0 Å². The third kappa shape index (κ3) is 4.90. The van der Waals surface area contributed by atoms with Crippen molar-refractivity contribution in [1.29, 1.82) is 0 Å². The molecule has 0 aliphatic carbocycles. The van der Waals surface area contributed by atoms with Gasteiger partial charge in [0.25, 0.3) is 0 Å². The molecule has 0 unspecified atom stereocenters. The molecule has 1 nitrogen and oxygen atoms in total. The number of hydrogen-bond acceptors (Lipinski definition) is 1. The summed E-state index contributed by atoms with van der Waals surface area (Å²) in [6, 6.07) is 26.2. The monoisotopic (exact) mass is 395 g/mol. The third-order valence-electron chi connectivity index (χ3n) is 6.12. The van der Waals surface area contributed by atoms with Gasteiger partial charge in [-0.25, -0.2) is 4.98 Å². The van der Waals surface area contributed by atoms with Crippen LogP contribution in [0.4, 0.5) is 0 Å². The number of hydrogen-bond donors (Lipinski definition) is 0. The minimum Gasteiger partial charge on any atom is -0.248 e. The largest absolute Gasteiger partial charge is 0.248 e. The van der Waals surface area contributed by atoms with Gasteiger partial charge in [-0.1, -0.05) is 113 Å². The molecule has 1 heteroatoms. The summed E-state index contributed by atoms with van der Waals surface area (Å²) in [6.07, 6.45) is 12.1. The number of aromatic nitrogens is 1. The molecule has 0 saturated carbocycles. The normalized spacial score (nSPS) is 11.4. The molecule has 0 saturated heterocycles. The van der Waals surface area contributed by atoms with E-state index >= 15 is 0 Å². The van der Waals surface area contributed by atoms with Gasteiger partial charge in [-0.15, -0.1) is 0 Å². The molecule has 0 amide bonds. The molecule has 154 valence electrons. The van der Waals surface area contributed by atoms with Crippen molar-refractivity contribution in [2.45, 2.75) is 64.7 Å². The summed E-state index contributed by atoms with van der Waals surface area (Å²) in [5, 5.41) is 2.47. The topological polar surface area (TPSA) is 12.9 Å². The highest BCUT2D eigenvalue weighted by atomic mass is 14.7. The molecule has 0 fully saturated rings. The minimum atomic E-state index is 1.07. The first-order valence-electron chi connectivity index (χ1n) is 11.7. The Morgan fingerprint density at radius 3 is 1.87 bits per heavy atom. The van der Waals surface area contributed by atoms with E-state index in [1.54, 1.807) is 0 Å². The molecular formula is C29H33N. The lowest BCUT2D eigenvalue weighted by molar-refractivity contribution is 0.575. The Labute approximate surface area is 181 Å². The van der Waals surface area contributed by atoms with Crippen LogP contribution in [-0.2, 0) is 6.42 Å². The van der Waals surface area contributed by atoms with Crippen LogP contribution >= 0.6 is 0 Å². The Morgan fingerprint density at radius 1 is 0.600 bits per heavy atom. The maximum Gasteiger partial charge on any atom is 0.0715 e. The van der Waals surface area contributed by atoms with E-state index in [-0.39, 0.29) is 0 Å². The van der Waals surface area contributed by atoms with Crippen LogP contribution in [0.2, 0.25) is 0 Å². The van der Waals surface area contributed by atoms with Crippen LogP contribution < -0.4 is 0 Å². The quantitative estimate of drug-likeness (QED) is 0.193. The van der Waals surface area contributed by atoms with Gasteiger partial charge in [0.15, 0.2) is 0 Å². The predicted octanol–water partition coefficient (Wildman–Crippen LogP) is 8.74. The summed E-state index contributed by atoms with van der Waals surface area (Å²) in [4.78, 5) is 4.88. The van der Waals surface area contributed by atoms with Crippen LogP contribution in [0.15, 0.2) is 72.8 Å². The zero-order chi connectivity index (χ0) is 20.6. The molecule has 3 aromatic carbocycles. The third-order valence-corrected chi connectivity index (χ3v) is 6.12. The van der Waals surface area contributed by atoms with E-state index in [1.807, 2.05) is 0 Å². The second-order valence-corrected chi connectivity index (χ2v) is 8.45. The van der Waals surface area contributed by atoms with Crippen molar-refractivity contribution in [3.8, 4) is 11.1 Å². The summed E-state index contributed by atoms with van der Waals surface area (Å²) in [7, 11) is 0. The molecule has 0 spiro atoms. The van der Waals surface area contributed by atoms with Gasteiger partial charge in [0, 0.05) is 16.3 Å². The molecule has 1 heterocycles. The Balaban J connectivity index is 1.52. The second-order valence-electron chi connectivity index (χ2n) is 8.45. The van der Waals surface area contributed by atoms with Gasteiger partial charge in [-0.2, -0.15) is 0 Å². The Morgan fingerprint density at radius 2 is 1.20 bits per heavy atom. The number of unbranched alkanes of at least 4 members (excludes halogenated alkanes) is 7. The smallest absolute Gasteiger partial charge is 0.0715 e. The van der Waals surface area contributed by atoms with E-state index in [2.05, 4.69) is 79.7 Å². The highest BCUT2D eigenvalue weighted by Crippen LogP contribution is 2.35. The number of rotatable bonds is 10. The van der Waals surface area contributed by atoms with Crippen molar-refractivity contribution in [3.05, 3.63) is 78.4 Å². The molecule has 0 bridgehead atoms. The van der Waals surface area contributed by atoms with Crippen LogP contribution in [-0.4, -0.2) is 4.98 Å². The maximum atomic E-state index is 4.88. The van der Waals surface area contributed by atoms with E-state index in [4.69, 9.17) is 4.98 Å². The van der Waals surface area contributed by atoms with E-state index in [1.165, 1.54) is 85.3 Å². The standard InChI is InChI=1S/C29H33N/c1-2-3-4-5-6-7-8-9-15-23-16-14-17-24(22-23)29-25-18-10-12-20-27(25)30-28-21-13-11-19-26(28)29/h10-14,16-22H,2-9,15H2,1H3. The summed E-state index contributed by atoms with van der Waals surface area (Å²) >= 11 is 0. The van der Waals surface area contributed by atoms with Crippen LogP contribution in [0, 0.1) is 0 Å². The first-order valence-corrected chi connectivity index (χ1v) is 11.7. The summed E-state index contributed by atoms with van der Waals surface area (Å²) in [6.45, 7) is 2.28. The fourth-order valence-corrected chi connectivity index (χ4v) is 4.50. The zero-order valence-electron chi connectivity index (χ0n) is 18.2. The Kier molecular flexibility index (Phi) is 7.13. The number of nitrogens with zero attached hydrogens (tertiary/aromatic N) is 1. The molecule has 0 aliphatic rings. The minimum absolute atomic E-state index is 1.07. The van der Waals surface area contributed by atoms with Crippen molar-refractivity contribution in [3.63, 3.8) is 0 Å². The van der Waals surface area contributed by atoms with Crippen molar-refractivity contribution in [1.82, 2.24) is 4.98 Å². The van der Waals surface area contributed by atoms with Gasteiger partial charge in [0.1, 0.15) is 0 Å². The lowest BCUT2D eigenvalue weighted by atomic mass is 9.94. The van der Waals surface area contributed by atoms with Crippen LogP contribution in [0.5, 0.6) is 0 Å².